The summed E-state index contributed by atoms with van der Waals surface area (Å²) in [6.45, 7) is 6.67. The van der Waals surface area contributed by atoms with Crippen molar-refractivity contribution in [1.82, 2.24) is 0 Å². The summed E-state index contributed by atoms with van der Waals surface area (Å²) in [5.41, 5.74) is 0.556. The maximum Gasteiger partial charge on any atom is 0.339 e. The molecule has 1 N–H and O–H groups in total. The summed E-state index contributed by atoms with van der Waals surface area (Å²) in [5.74, 6) is -1.41. The van der Waals surface area contributed by atoms with E-state index in [0.29, 0.717) is 5.57 Å². The van der Waals surface area contributed by atoms with Gasteiger partial charge < -0.3 is 5.11 Å². The third kappa shape index (κ3) is 2.49. The van der Waals surface area contributed by atoms with Crippen LogP contribution in [0.25, 0.3) is 0 Å². The van der Waals surface area contributed by atoms with Crippen molar-refractivity contribution in [2.75, 3.05) is 0 Å². The van der Waals surface area contributed by atoms with Crippen LogP contribution in [0.5, 0.6) is 0 Å². The summed E-state index contributed by atoms with van der Waals surface area (Å²) in [4.78, 5) is 21.5. The van der Waals surface area contributed by atoms with E-state index in [0.717, 1.165) is 0 Å². The van der Waals surface area contributed by atoms with Crippen LogP contribution in [0.1, 0.15) is 27.7 Å². The van der Waals surface area contributed by atoms with Crippen molar-refractivity contribution in [2.45, 2.75) is 27.7 Å². The highest BCUT2D eigenvalue weighted by Gasteiger charge is 2.17. The quantitative estimate of drug-likeness (QED) is 0.398. The molecule has 68 valence electrons. The highest BCUT2D eigenvalue weighted by Crippen LogP contribution is 2.14. The molecular weight excluding hydrogens is 156 g/mol. The molecule has 0 bridgehead atoms. The van der Waals surface area contributed by atoms with Gasteiger partial charge in [-0.3, -0.25) is 4.79 Å². The average molecular weight is 170 g/mol. The van der Waals surface area contributed by atoms with Gasteiger partial charge in [0, 0.05) is 0 Å². The Balaban J connectivity index is 5.08. The topological polar surface area (TPSA) is 54.4 Å². The van der Waals surface area contributed by atoms with Crippen LogP contribution in [-0.4, -0.2) is 16.9 Å². The van der Waals surface area contributed by atoms with Gasteiger partial charge in [0.15, 0.2) is 5.78 Å². The lowest BCUT2D eigenvalue weighted by Crippen LogP contribution is -2.13. The Kier molecular flexibility index (Phi) is 3.67. The molecule has 0 saturated heterocycles. The highest BCUT2D eigenvalue weighted by atomic mass is 16.4. The molecule has 0 unspecified atom stereocenters. The molecule has 0 aliphatic heterocycles. The summed E-state index contributed by atoms with van der Waals surface area (Å²) < 4.78 is 0. The number of carboxylic acids is 1. The van der Waals surface area contributed by atoms with Gasteiger partial charge in [-0.2, -0.15) is 0 Å². The first-order chi connectivity index (χ1) is 5.37. The van der Waals surface area contributed by atoms with Crippen LogP contribution in [0.4, 0.5) is 0 Å². The van der Waals surface area contributed by atoms with Crippen molar-refractivity contribution >= 4 is 11.8 Å². The molecule has 0 aliphatic rings. The Morgan fingerprint density at radius 1 is 1.17 bits per heavy atom. The van der Waals surface area contributed by atoms with Crippen molar-refractivity contribution in [3.63, 3.8) is 0 Å². The second kappa shape index (κ2) is 4.04. The van der Waals surface area contributed by atoms with Crippen molar-refractivity contribution in [3.8, 4) is 0 Å². The zero-order valence-corrected chi connectivity index (χ0v) is 7.84. The fourth-order valence-electron chi connectivity index (χ4n) is 0.886. The Morgan fingerprint density at radius 2 is 1.58 bits per heavy atom. The van der Waals surface area contributed by atoms with Crippen LogP contribution in [-0.2, 0) is 9.59 Å². The molecule has 0 fully saturated rings. The van der Waals surface area contributed by atoms with E-state index >= 15 is 0 Å². The number of carbonyl (C=O) groups is 2. The van der Waals surface area contributed by atoms with Gasteiger partial charge in [0.2, 0.25) is 0 Å². The lowest BCUT2D eigenvalue weighted by molar-refractivity contribution is -0.134. The smallest absolute Gasteiger partial charge is 0.339 e. The molecule has 0 rings (SSSR count). The second-order valence-electron chi connectivity index (χ2n) is 3.07. The molecule has 3 nitrogen and oxygen atoms in total. The van der Waals surface area contributed by atoms with Crippen molar-refractivity contribution in [2.24, 2.45) is 5.92 Å². The minimum absolute atomic E-state index is 0.0787. The van der Waals surface area contributed by atoms with Crippen LogP contribution < -0.4 is 0 Å². The summed E-state index contributed by atoms with van der Waals surface area (Å²) in [6, 6.07) is 0. The minimum Gasteiger partial charge on any atom is -0.478 e. The molecule has 0 aromatic heterocycles. The lowest BCUT2D eigenvalue weighted by atomic mass is 9.97. The van der Waals surface area contributed by atoms with E-state index in [4.69, 9.17) is 5.11 Å². The van der Waals surface area contributed by atoms with Crippen LogP contribution in [0, 0.1) is 5.92 Å². The molecule has 3 heteroatoms. The summed E-state index contributed by atoms with van der Waals surface area (Å²) in [5, 5.41) is 8.68. The molecule has 0 aliphatic carbocycles. The predicted molar refractivity (Wildman–Crippen MR) is 45.9 cm³/mol. The molecule has 0 saturated carbocycles. The fraction of sp³-hybridized carbons (Fsp3) is 0.556. The van der Waals surface area contributed by atoms with Crippen LogP contribution in [0.2, 0.25) is 0 Å². The molecule has 0 aromatic carbocycles. The number of ketones is 1. The van der Waals surface area contributed by atoms with Crippen LogP contribution >= 0.6 is 0 Å². The van der Waals surface area contributed by atoms with Crippen molar-refractivity contribution in [3.05, 3.63) is 11.1 Å². The largest absolute Gasteiger partial charge is 0.478 e. The fourth-order valence-corrected chi connectivity index (χ4v) is 0.886. The van der Waals surface area contributed by atoms with Gasteiger partial charge in [0.25, 0.3) is 0 Å². The SMILES string of the molecule is CC(=O)C(C(=O)O)=C(C)C(C)C. The number of rotatable bonds is 3. The third-order valence-electron chi connectivity index (χ3n) is 1.83. The minimum atomic E-state index is -1.13. The van der Waals surface area contributed by atoms with Crippen molar-refractivity contribution < 1.29 is 14.7 Å². The number of hydrogen-bond donors (Lipinski definition) is 1. The van der Waals surface area contributed by atoms with Crippen LogP contribution in [0.3, 0.4) is 0 Å². The highest BCUT2D eigenvalue weighted by molar-refractivity contribution is 6.16. The molecule has 0 spiro atoms. The second-order valence-corrected chi connectivity index (χ2v) is 3.07. The number of carbonyl (C=O) groups excluding carboxylic acids is 1. The number of hydrogen-bond acceptors (Lipinski definition) is 2. The number of carboxylic acid groups (broad SMARTS) is 1. The Labute approximate surface area is 72.1 Å². The van der Waals surface area contributed by atoms with E-state index in [1.807, 2.05) is 13.8 Å². The Bertz CT molecular complexity index is 220. The van der Waals surface area contributed by atoms with Crippen molar-refractivity contribution in [1.29, 1.82) is 0 Å². The van der Waals surface area contributed by atoms with Gasteiger partial charge in [-0.05, 0) is 19.8 Å². The first-order valence-corrected chi connectivity index (χ1v) is 3.83. The Morgan fingerprint density at radius 3 is 1.67 bits per heavy atom. The first-order valence-electron chi connectivity index (χ1n) is 3.83. The first kappa shape index (κ1) is 10.9. The zero-order chi connectivity index (χ0) is 9.89. The van der Waals surface area contributed by atoms with Gasteiger partial charge in [-0.15, -0.1) is 0 Å². The standard InChI is InChI=1S/C9H14O3/c1-5(2)6(3)8(7(4)10)9(11)12/h5H,1-4H3,(H,11,12). The maximum absolute atomic E-state index is 10.9. The third-order valence-corrected chi connectivity index (χ3v) is 1.83. The van der Waals surface area contributed by atoms with E-state index in [2.05, 4.69) is 0 Å². The molecule has 0 atom stereocenters. The normalized spacial score (nSPS) is 12.8. The maximum atomic E-state index is 10.9. The van der Waals surface area contributed by atoms with Gasteiger partial charge in [0.05, 0.1) is 0 Å². The van der Waals surface area contributed by atoms with E-state index in [9.17, 15) is 9.59 Å². The van der Waals surface area contributed by atoms with E-state index < -0.39 is 5.97 Å². The molecule has 0 aromatic rings. The molecule has 0 amide bonds. The lowest BCUT2D eigenvalue weighted by Gasteiger charge is -2.08. The van der Waals surface area contributed by atoms with E-state index in [1.165, 1.54) is 6.92 Å². The van der Waals surface area contributed by atoms with Gasteiger partial charge in [-0.25, -0.2) is 4.79 Å². The predicted octanol–water partition coefficient (Wildman–Crippen LogP) is 1.63. The number of allylic oxidation sites excluding steroid dienone is 1. The summed E-state index contributed by atoms with van der Waals surface area (Å²) in [7, 11) is 0. The number of Topliss-reactive ketones (excluding diaryl/α,β-unsaturated/α-hetero) is 1. The Hall–Kier alpha value is -1.12. The zero-order valence-electron chi connectivity index (χ0n) is 7.84. The summed E-state index contributed by atoms with van der Waals surface area (Å²) >= 11 is 0. The van der Waals surface area contributed by atoms with Gasteiger partial charge in [-0.1, -0.05) is 19.4 Å². The van der Waals surface area contributed by atoms with E-state index in [-0.39, 0.29) is 17.3 Å². The molecule has 0 heterocycles. The van der Waals surface area contributed by atoms with E-state index in [1.54, 1.807) is 6.92 Å². The van der Waals surface area contributed by atoms with Gasteiger partial charge in [0.1, 0.15) is 5.57 Å². The molecule has 0 radical (unpaired) electrons. The summed E-state index contributed by atoms with van der Waals surface area (Å²) in [6.07, 6.45) is 0. The molecular formula is C9H14O3. The molecule has 12 heavy (non-hydrogen) atoms. The average Bonchev–Trinajstić information content (AvgIpc) is 1.85. The number of aliphatic carboxylic acids is 1. The van der Waals surface area contributed by atoms with Gasteiger partial charge >= 0.3 is 5.97 Å². The monoisotopic (exact) mass is 170 g/mol. The van der Waals surface area contributed by atoms with Crippen LogP contribution in [0.15, 0.2) is 11.1 Å².